The molecule has 0 amide bonds. The third kappa shape index (κ3) is 24.1. The predicted octanol–water partition coefficient (Wildman–Crippen LogP) is -0.0121. The van der Waals surface area contributed by atoms with Gasteiger partial charge in [-0.1, -0.05) is 0 Å². The minimum absolute atomic E-state index is 0. The van der Waals surface area contributed by atoms with Gasteiger partial charge in [0.2, 0.25) is 0 Å². The molecule has 5 heteroatoms. The molecule has 0 aliphatic rings. The average Bonchev–Trinajstić information content (AvgIpc) is 0. The minimum atomic E-state index is 0. The van der Waals surface area contributed by atoms with Crippen molar-refractivity contribution in [1.29, 1.82) is 0 Å². The predicted molar refractivity (Wildman–Crippen MR) is 29.5 cm³/mol. The van der Waals surface area contributed by atoms with Crippen molar-refractivity contribution in [2.45, 2.75) is 0 Å². The van der Waals surface area contributed by atoms with E-state index in [-0.39, 0.29) is 72.5 Å². The summed E-state index contributed by atoms with van der Waals surface area (Å²) >= 11 is 0. The second kappa shape index (κ2) is 37.8. The summed E-state index contributed by atoms with van der Waals surface area (Å²) in [5, 5.41) is 0. The first kappa shape index (κ1) is 63.5. The van der Waals surface area contributed by atoms with Crippen molar-refractivity contribution in [1.82, 2.24) is 0 Å². The monoisotopic (exact) mass is 179 g/mol. The van der Waals surface area contributed by atoms with Gasteiger partial charge >= 0.3 is 18.6 Å². The third-order valence-corrected chi connectivity index (χ3v) is 0. The van der Waals surface area contributed by atoms with E-state index in [9.17, 15) is 0 Å². The van der Waals surface area contributed by atoms with Gasteiger partial charge in [-0.05, 0) is 0 Å². The molecule has 0 unspecified atom stereocenters. The summed E-state index contributed by atoms with van der Waals surface area (Å²) in [7, 11) is 0. The van der Waals surface area contributed by atoms with Crippen LogP contribution in [-0.4, -0.2) is 0 Å². The first-order valence-electron chi connectivity index (χ1n) is 0. The van der Waals surface area contributed by atoms with Crippen LogP contribution in [0.5, 0.6) is 0 Å². The van der Waals surface area contributed by atoms with E-state index in [4.69, 9.17) is 0 Å². The summed E-state index contributed by atoms with van der Waals surface area (Å²) in [5.41, 5.74) is 0. The van der Waals surface area contributed by atoms with Crippen LogP contribution in [0, 0.1) is 0 Å². The fraction of sp³-hybridized carbons (Fsp3) is 0. The largest absolute Gasteiger partial charge is 5.00 e. The van der Waals surface area contributed by atoms with Crippen LogP contribution in [0.25, 0.3) is 0 Å². The van der Waals surface area contributed by atoms with Crippen LogP contribution in [0.2, 0.25) is 0 Å². The molecule has 0 aliphatic carbocycles. The minimum Gasteiger partial charge on any atom is -2.00 e. The van der Waals surface area contributed by atoms with Crippen molar-refractivity contribution in [3.8, 4) is 0 Å². The van der Waals surface area contributed by atoms with E-state index in [2.05, 4.69) is 0 Å². The van der Waals surface area contributed by atoms with Gasteiger partial charge in [0.25, 0.3) is 0 Å². The van der Waals surface area contributed by atoms with Crippen molar-refractivity contribution in [2.24, 2.45) is 0 Å². The summed E-state index contributed by atoms with van der Waals surface area (Å²) in [6.45, 7) is 0. The molecule has 0 atom stereocenters. The molecule has 32 valence electrons. The molecule has 0 spiro atoms. The summed E-state index contributed by atoms with van der Waals surface area (Å²) in [5.74, 6) is 0. The van der Waals surface area contributed by atoms with Crippen LogP contribution in [0.3, 0.4) is 0 Å². The Bertz CT molecular complexity index is 3.61. The zero-order valence-electron chi connectivity index (χ0n) is 2.08. The van der Waals surface area contributed by atoms with Crippen LogP contribution < -0.4 is 0 Å². The summed E-state index contributed by atoms with van der Waals surface area (Å²) in [6.07, 6.45) is 0. The van der Waals surface area contributed by atoms with Gasteiger partial charge in [0.1, 0.15) is 0 Å². The molecule has 0 saturated heterocycles. The molecular formula is S4V-3. The van der Waals surface area contributed by atoms with Gasteiger partial charge in [-0.25, -0.2) is 0 Å². The van der Waals surface area contributed by atoms with E-state index in [0.717, 1.165) is 0 Å². The van der Waals surface area contributed by atoms with Gasteiger partial charge < -0.3 is 54.0 Å². The van der Waals surface area contributed by atoms with Gasteiger partial charge in [-0.2, -0.15) is 0 Å². The maximum Gasteiger partial charge on any atom is 5.00 e. The van der Waals surface area contributed by atoms with E-state index >= 15 is 0 Å². The molecule has 0 aromatic carbocycles. The Hall–Kier alpha value is 1.98. The molecule has 0 aromatic rings. The third-order valence-electron chi connectivity index (χ3n) is 0. The van der Waals surface area contributed by atoms with Gasteiger partial charge in [0.15, 0.2) is 0 Å². The average molecular weight is 179 g/mol. The summed E-state index contributed by atoms with van der Waals surface area (Å²) < 4.78 is 0. The van der Waals surface area contributed by atoms with E-state index in [1.54, 1.807) is 0 Å². The molecule has 0 rings (SSSR count). The maximum absolute atomic E-state index is 0. The zero-order valence-corrected chi connectivity index (χ0v) is 6.74. The molecule has 0 fully saturated rings. The van der Waals surface area contributed by atoms with Crippen LogP contribution in [0.4, 0.5) is 0 Å². The number of rotatable bonds is 0. The second-order valence-electron chi connectivity index (χ2n) is 0. The SMILES string of the molecule is [S-2].[S-2].[S-2].[S-2].[V+5]. The molecule has 0 heterocycles. The Morgan fingerprint density at radius 2 is 0.400 bits per heavy atom. The fourth-order valence-corrected chi connectivity index (χ4v) is 0. The fourth-order valence-electron chi connectivity index (χ4n) is 0. The van der Waals surface area contributed by atoms with Crippen LogP contribution >= 0.6 is 0 Å². The van der Waals surface area contributed by atoms with Crippen LogP contribution in [0.15, 0.2) is 0 Å². The van der Waals surface area contributed by atoms with Crippen molar-refractivity contribution >= 4 is 54.0 Å². The maximum atomic E-state index is 0. The molecule has 0 saturated carbocycles. The number of hydrogen-bond acceptors (Lipinski definition) is 0. The quantitative estimate of drug-likeness (QED) is 0.490. The van der Waals surface area contributed by atoms with Crippen molar-refractivity contribution in [3.05, 3.63) is 0 Å². The van der Waals surface area contributed by atoms with Gasteiger partial charge in [0, 0.05) is 0 Å². The Labute approximate surface area is 72.1 Å². The molecule has 0 radical (unpaired) electrons. The summed E-state index contributed by atoms with van der Waals surface area (Å²) in [6, 6.07) is 0. The van der Waals surface area contributed by atoms with E-state index < -0.39 is 0 Å². The zero-order chi connectivity index (χ0) is 0. The molecular weight excluding hydrogens is 179 g/mol. The Kier molecular flexibility index (Phi) is 480. The molecule has 0 N–H and O–H groups in total. The molecule has 5 heavy (non-hydrogen) atoms. The molecule has 0 nitrogen and oxygen atoms in total. The summed E-state index contributed by atoms with van der Waals surface area (Å²) in [4.78, 5) is 0. The van der Waals surface area contributed by atoms with Crippen LogP contribution in [-0.2, 0) is 72.5 Å². The van der Waals surface area contributed by atoms with Gasteiger partial charge in [0.05, 0.1) is 0 Å². The second-order valence-corrected chi connectivity index (χ2v) is 0. The Balaban J connectivity index is 0. The van der Waals surface area contributed by atoms with E-state index in [1.807, 2.05) is 0 Å². The van der Waals surface area contributed by atoms with E-state index in [1.165, 1.54) is 0 Å². The van der Waals surface area contributed by atoms with Crippen molar-refractivity contribution < 1.29 is 18.6 Å². The van der Waals surface area contributed by atoms with E-state index in [0.29, 0.717) is 0 Å². The first-order chi connectivity index (χ1) is 0. The normalized spacial score (nSPS) is 0. The topological polar surface area (TPSA) is 0 Å². The molecule has 0 aromatic heterocycles. The first-order valence-corrected chi connectivity index (χ1v) is 0. The van der Waals surface area contributed by atoms with Crippen molar-refractivity contribution in [3.63, 3.8) is 0 Å². The smallest absolute Gasteiger partial charge is 2.00 e. The van der Waals surface area contributed by atoms with Crippen molar-refractivity contribution in [2.75, 3.05) is 0 Å². The van der Waals surface area contributed by atoms with Gasteiger partial charge in [-0.3, -0.25) is 0 Å². The van der Waals surface area contributed by atoms with Crippen LogP contribution in [0.1, 0.15) is 0 Å². The Morgan fingerprint density at radius 1 is 0.400 bits per heavy atom. The van der Waals surface area contributed by atoms with Gasteiger partial charge in [-0.15, -0.1) is 0 Å². The molecule has 0 bridgehead atoms. The Morgan fingerprint density at radius 3 is 0.400 bits per heavy atom. The molecule has 0 aliphatic heterocycles. The number of hydrogen-bond donors (Lipinski definition) is 0. The standard InChI is InChI=1S/4S.V/q4*-2;+5.